The van der Waals surface area contributed by atoms with Gasteiger partial charge in [0.15, 0.2) is 6.54 Å². The van der Waals surface area contributed by atoms with Crippen LogP contribution in [-0.2, 0) is 5.72 Å². The molecule has 0 aromatic heterocycles. The second-order valence-corrected chi connectivity index (χ2v) is 7.46. The van der Waals surface area contributed by atoms with Crippen molar-refractivity contribution < 1.29 is 36.1 Å². The molecule has 0 spiro atoms. The number of halogens is 1. The van der Waals surface area contributed by atoms with E-state index in [9.17, 15) is 5.11 Å². The summed E-state index contributed by atoms with van der Waals surface area (Å²) < 4.78 is 13.3. The molecule has 0 saturated heterocycles. The van der Waals surface area contributed by atoms with Crippen LogP contribution in [0.2, 0.25) is 0 Å². The van der Waals surface area contributed by atoms with E-state index in [4.69, 9.17) is 9.47 Å². The minimum atomic E-state index is -1.11. The Balaban J connectivity index is 0.00000240. The van der Waals surface area contributed by atoms with Gasteiger partial charge < -0.3 is 31.6 Å². The van der Waals surface area contributed by atoms with Crippen LogP contribution in [0, 0.1) is 0 Å². The Hall–Kier alpha value is -2.05. The lowest BCUT2D eigenvalue weighted by Crippen LogP contribution is -3.00. The molecule has 0 radical (unpaired) electrons. The van der Waals surface area contributed by atoms with Gasteiger partial charge in [0.05, 0.1) is 20.3 Å². The Morgan fingerprint density at radius 2 is 1.69 bits per heavy atom. The molecule has 0 amide bonds. The normalized spacial score (nSPS) is 21.3. The number of methoxy groups -OCH3 is 1. The highest BCUT2D eigenvalue weighted by Gasteiger charge is 2.54. The van der Waals surface area contributed by atoms with Gasteiger partial charge in [0.25, 0.3) is 11.6 Å². The van der Waals surface area contributed by atoms with Crippen LogP contribution in [0.4, 0.5) is 5.69 Å². The van der Waals surface area contributed by atoms with Crippen LogP contribution < -0.4 is 31.4 Å². The lowest BCUT2D eigenvalue weighted by atomic mass is 9.99. The standard InChI is InChI=1S/C23H29N2O3.BrH/c1-3-28-21-12-8-18(9-13-21)23(26)17-24-16-6-4-5-7-22(24)25(23)19-10-14-20(27-2)15-11-19;/h8-15,26H,3-7,16-17H2,1-2H3;1H/q+1;/p-1. The molecular weight excluding hydrogens is 432 g/mol. The number of hydrogen-bond donors (Lipinski definition) is 1. The Morgan fingerprint density at radius 1 is 1.00 bits per heavy atom. The van der Waals surface area contributed by atoms with E-state index in [1.807, 2.05) is 55.5 Å². The molecule has 0 saturated carbocycles. The van der Waals surface area contributed by atoms with Crippen LogP contribution in [0.25, 0.3) is 0 Å². The third-order valence-corrected chi connectivity index (χ3v) is 5.69. The van der Waals surface area contributed by atoms with Gasteiger partial charge in [-0.3, -0.25) is 4.58 Å². The van der Waals surface area contributed by atoms with Crippen molar-refractivity contribution in [2.75, 3.05) is 31.7 Å². The summed E-state index contributed by atoms with van der Waals surface area (Å²) in [5.41, 5.74) is 0.760. The number of hydrogen-bond acceptors (Lipinski definition) is 4. The van der Waals surface area contributed by atoms with Crippen LogP contribution in [0.5, 0.6) is 11.5 Å². The highest BCUT2D eigenvalue weighted by molar-refractivity contribution is 5.97. The highest BCUT2D eigenvalue weighted by atomic mass is 79.9. The molecule has 6 heteroatoms. The van der Waals surface area contributed by atoms with Crippen LogP contribution in [-0.4, -0.2) is 42.3 Å². The molecule has 29 heavy (non-hydrogen) atoms. The SMILES string of the molecule is CCOc1ccc(C2(O)C[N+]3=C(CCCCC3)N2c2ccc(OC)cc2)cc1.[Br-]. The Labute approximate surface area is 183 Å². The summed E-state index contributed by atoms with van der Waals surface area (Å²) >= 11 is 0. The van der Waals surface area contributed by atoms with E-state index in [0.717, 1.165) is 42.1 Å². The predicted molar refractivity (Wildman–Crippen MR) is 110 cm³/mol. The molecule has 0 aliphatic carbocycles. The molecule has 2 aliphatic rings. The maximum atomic E-state index is 11.9. The second-order valence-electron chi connectivity index (χ2n) is 7.46. The van der Waals surface area contributed by atoms with E-state index in [1.54, 1.807) is 7.11 Å². The number of ether oxygens (including phenoxy) is 2. The zero-order chi connectivity index (χ0) is 19.6. The molecular formula is C23H29BrN2O3. The second kappa shape index (κ2) is 9.18. The lowest BCUT2D eigenvalue weighted by Gasteiger charge is -2.29. The first-order valence-corrected chi connectivity index (χ1v) is 10.2. The molecule has 2 aromatic rings. The third-order valence-electron chi connectivity index (χ3n) is 5.69. The van der Waals surface area contributed by atoms with Gasteiger partial charge in [0.2, 0.25) is 0 Å². The molecule has 1 atom stereocenters. The number of amidine groups is 1. The van der Waals surface area contributed by atoms with Gasteiger partial charge in [0.1, 0.15) is 17.2 Å². The first-order valence-electron chi connectivity index (χ1n) is 10.2. The Bertz CT molecular complexity index is 851. The van der Waals surface area contributed by atoms with Crippen molar-refractivity contribution in [3.8, 4) is 11.5 Å². The number of benzene rings is 2. The van der Waals surface area contributed by atoms with Gasteiger partial charge in [-0.1, -0.05) is 0 Å². The highest BCUT2D eigenvalue weighted by Crippen LogP contribution is 2.38. The first kappa shape index (κ1) is 21.7. The monoisotopic (exact) mass is 460 g/mol. The smallest absolute Gasteiger partial charge is 0.275 e. The van der Waals surface area contributed by atoms with E-state index < -0.39 is 5.72 Å². The maximum Gasteiger partial charge on any atom is 0.275 e. The lowest BCUT2D eigenvalue weighted by molar-refractivity contribution is -0.534. The zero-order valence-electron chi connectivity index (χ0n) is 17.1. The summed E-state index contributed by atoms with van der Waals surface area (Å²) in [5.74, 6) is 2.85. The van der Waals surface area contributed by atoms with Crippen LogP contribution in [0.1, 0.15) is 38.2 Å². The molecule has 2 aliphatic heterocycles. The minimum absolute atomic E-state index is 0. The van der Waals surface area contributed by atoms with Gasteiger partial charge in [0, 0.05) is 12.0 Å². The van der Waals surface area contributed by atoms with Crippen molar-refractivity contribution in [3.63, 3.8) is 0 Å². The Morgan fingerprint density at radius 3 is 2.34 bits per heavy atom. The van der Waals surface area contributed by atoms with Crippen molar-refractivity contribution in [2.24, 2.45) is 0 Å². The number of rotatable bonds is 5. The van der Waals surface area contributed by atoms with Gasteiger partial charge in [-0.2, -0.15) is 4.90 Å². The Kier molecular flexibility index (Phi) is 6.85. The topological polar surface area (TPSA) is 44.9 Å². The van der Waals surface area contributed by atoms with Crippen molar-refractivity contribution >= 4 is 11.5 Å². The van der Waals surface area contributed by atoms with Crippen molar-refractivity contribution in [3.05, 3.63) is 54.1 Å². The molecule has 1 N–H and O–H groups in total. The van der Waals surface area contributed by atoms with Crippen molar-refractivity contribution in [1.82, 2.24) is 0 Å². The molecule has 2 aromatic carbocycles. The van der Waals surface area contributed by atoms with Crippen molar-refractivity contribution in [1.29, 1.82) is 0 Å². The molecule has 0 bridgehead atoms. The summed E-state index contributed by atoms with van der Waals surface area (Å²) in [5, 5.41) is 11.9. The summed E-state index contributed by atoms with van der Waals surface area (Å²) in [6.07, 6.45) is 4.53. The fraction of sp³-hybridized carbons (Fsp3) is 0.435. The molecule has 1 unspecified atom stereocenters. The summed E-state index contributed by atoms with van der Waals surface area (Å²) in [7, 11) is 1.67. The van der Waals surface area contributed by atoms with Gasteiger partial charge >= 0.3 is 0 Å². The third kappa shape index (κ3) is 4.14. The van der Waals surface area contributed by atoms with E-state index in [0.29, 0.717) is 13.2 Å². The van der Waals surface area contributed by atoms with Gasteiger partial charge in [-0.25, -0.2) is 0 Å². The summed E-state index contributed by atoms with van der Waals surface area (Å²) in [6, 6.07) is 15.8. The van der Waals surface area contributed by atoms with E-state index >= 15 is 0 Å². The van der Waals surface area contributed by atoms with Crippen LogP contribution in [0.3, 0.4) is 0 Å². The quantitative estimate of drug-likeness (QED) is 0.668. The van der Waals surface area contributed by atoms with E-state index in [2.05, 4.69) is 9.48 Å². The largest absolute Gasteiger partial charge is 1.00 e. The fourth-order valence-electron chi connectivity index (χ4n) is 4.32. The number of nitrogens with zero attached hydrogens (tertiary/aromatic N) is 2. The average Bonchev–Trinajstić information content (AvgIpc) is 2.85. The number of anilines is 1. The molecule has 5 nitrogen and oxygen atoms in total. The van der Waals surface area contributed by atoms with E-state index in [-0.39, 0.29) is 17.0 Å². The van der Waals surface area contributed by atoms with E-state index in [1.165, 1.54) is 18.7 Å². The van der Waals surface area contributed by atoms with Gasteiger partial charge in [-0.15, -0.1) is 0 Å². The maximum absolute atomic E-state index is 11.9. The molecule has 4 rings (SSSR count). The summed E-state index contributed by atoms with van der Waals surface area (Å²) in [6.45, 7) is 4.17. The predicted octanol–water partition coefficient (Wildman–Crippen LogP) is 0.748. The first-order chi connectivity index (χ1) is 13.7. The minimum Gasteiger partial charge on any atom is -1.00 e. The average molecular weight is 461 g/mol. The zero-order valence-corrected chi connectivity index (χ0v) is 18.7. The fourth-order valence-corrected chi connectivity index (χ4v) is 4.32. The van der Waals surface area contributed by atoms with Crippen LogP contribution in [0.15, 0.2) is 48.5 Å². The van der Waals surface area contributed by atoms with Crippen LogP contribution >= 0.6 is 0 Å². The molecule has 2 heterocycles. The number of aliphatic hydroxyl groups is 1. The van der Waals surface area contributed by atoms with Crippen molar-refractivity contribution in [2.45, 2.75) is 38.3 Å². The molecule has 0 fully saturated rings. The van der Waals surface area contributed by atoms with Gasteiger partial charge in [-0.05, 0) is 74.7 Å². The molecule has 156 valence electrons. The summed E-state index contributed by atoms with van der Waals surface area (Å²) in [4.78, 5) is 2.12.